The number of hydrogen-bond acceptors (Lipinski definition) is 2. The summed E-state index contributed by atoms with van der Waals surface area (Å²) >= 11 is 13.9. The van der Waals surface area contributed by atoms with Gasteiger partial charge in [0.2, 0.25) is 0 Å². The van der Waals surface area contributed by atoms with Crippen LogP contribution < -0.4 is 15.5 Å². The van der Waals surface area contributed by atoms with Gasteiger partial charge in [-0.15, -0.1) is 0 Å². The topological polar surface area (TPSA) is 62.6 Å². The van der Waals surface area contributed by atoms with Gasteiger partial charge >= 0.3 is 0 Å². The molecule has 2 rings (SSSR count). The zero-order valence-electron chi connectivity index (χ0n) is 13.4. The molecule has 132 valence electrons. The van der Waals surface area contributed by atoms with Crippen LogP contribution in [0.2, 0.25) is 10.0 Å². The van der Waals surface area contributed by atoms with Gasteiger partial charge in [0.1, 0.15) is 0 Å². The summed E-state index contributed by atoms with van der Waals surface area (Å²) in [5, 5.41) is 6.36. The van der Waals surface area contributed by atoms with E-state index in [2.05, 4.69) is 33.2 Å². The highest BCUT2D eigenvalue weighted by Gasteiger charge is 2.15. The van der Waals surface area contributed by atoms with Crippen molar-refractivity contribution >= 4 is 69.0 Å². The average Bonchev–Trinajstić information content (AvgIpc) is 2.50. The molecule has 0 radical (unpaired) electrons. The first-order valence-corrected chi connectivity index (χ1v) is 9.28. The second-order valence-electron chi connectivity index (χ2n) is 5.55. The molecule has 1 unspecified atom stereocenters. The summed E-state index contributed by atoms with van der Waals surface area (Å²) in [6.07, 6.45) is 0. The Morgan fingerprint density at radius 2 is 1.56 bits per heavy atom. The lowest BCUT2D eigenvalue weighted by atomic mass is 10.3. The van der Waals surface area contributed by atoms with Crippen molar-refractivity contribution in [2.24, 2.45) is 0 Å². The zero-order chi connectivity index (χ0) is 18.4. The Bertz CT molecular complexity index is 786. The van der Waals surface area contributed by atoms with E-state index in [1.54, 1.807) is 25.2 Å². The van der Waals surface area contributed by atoms with E-state index in [9.17, 15) is 9.59 Å². The van der Waals surface area contributed by atoms with Crippen LogP contribution in [0.5, 0.6) is 0 Å². The molecule has 2 aromatic carbocycles. The lowest BCUT2D eigenvalue weighted by molar-refractivity contribution is -0.862. The van der Waals surface area contributed by atoms with Crippen LogP contribution in [0, 0.1) is 3.57 Å². The number of anilines is 2. The fourth-order valence-corrected chi connectivity index (χ4v) is 3.00. The van der Waals surface area contributed by atoms with Crippen molar-refractivity contribution in [2.75, 3.05) is 30.8 Å². The maximum absolute atomic E-state index is 12.1. The first kappa shape index (κ1) is 20.0. The maximum Gasteiger partial charge on any atom is 0.279 e. The number of quaternary nitrogens is 1. The fraction of sp³-hybridized carbons (Fsp3) is 0.176. The molecular weight excluding hydrogens is 476 g/mol. The van der Waals surface area contributed by atoms with Crippen LogP contribution in [-0.2, 0) is 9.59 Å². The Kier molecular flexibility index (Phi) is 7.49. The van der Waals surface area contributed by atoms with Crippen LogP contribution in [0.15, 0.2) is 42.5 Å². The highest BCUT2D eigenvalue weighted by Crippen LogP contribution is 2.24. The van der Waals surface area contributed by atoms with Gasteiger partial charge < -0.3 is 15.5 Å². The number of nitrogens with one attached hydrogen (secondary N) is 3. The molecule has 0 heterocycles. The minimum atomic E-state index is -0.210. The molecule has 2 aromatic rings. The monoisotopic (exact) mass is 492 g/mol. The SMILES string of the molecule is C[NH+](CC(=O)Nc1cccc(I)c1)CC(=O)Nc1ccc(Cl)c(Cl)c1. The second kappa shape index (κ2) is 9.38. The van der Waals surface area contributed by atoms with E-state index in [0.717, 1.165) is 14.2 Å². The molecule has 0 spiro atoms. The van der Waals surface area contributed by atoms with Gasteiger partial charge in [0, 0.05) is 14.9 Å². The lowest BCUT2D eigenvalue weighted by Crippen LogP contribution is -3.11. The highest BCUT2D eigenvalue weighted by molar-refractivity contribution is 14.1. The molecule has 0 aliphatic heterocycles. The number of carbonyl (C=O) groups excluding carboxylic acids is 2. The van der Waals surface area contributed by atoms with E-state index in [0.29, 0.717) is 15.7 Å². The second-order valence-corrected chi connectivity index (χ2v) is 7.61. The Morgan fingerprint density at radius 3 is 2.12 bits per heavy atom. The number of likely N-dealkylation sites (N-methyl/N-ethyl adjacent to an activating group) is 1. The smallest absolute Gasteiger partial charge is 0.279 e. The molecule has 0 aromatic heterocycles. The highest BCUT2D eigenvalue weighted by atomic mass is 127. The van der Waals surface area contributed by atoms with Gasteiger partial charge in [-0.3, -0.25) is 9.59 Å². The number of rotatable bonds is 6. The summed E-state index contributed by atoms with van der Waals surface area (Å²) in [5.74, 6) is -0.361. The van der Waals surface area contributed by atoms with Crippen LogP contribution in [-0.4, -0.2) is 32.0 Å². The summed E-state index contributed by atoms with van der Waals surface area (Å²) in [6, 6.07) is 12.4. The van der Waals surface area contributed by atoms with Gasteiger partial charge in [-0.05, 0) is 59.0 Å². The van der Waals surface area contributed by atoms with Crippen molar-refractivity contribution in [3.63, 3.8) is 0 Å². The summed E-state index contributed by atoms with van der Waals surface area (Å²) in [5.41, 5.74) is 1.31. The number of amides is 2. The van der Waals surface area contributed by atoms with E-state index >= 15 is 0 Å². The zero-order valence-corrected chi connectivity index (χ0v) is 17.1. The molecule has 0 saturated carbocycles. The van der Waals surface area contributed by atoms with Crippen molar-refractivity contribution in [1.82, 2.24) is 0 Å². The van der Waals surface area contributed by atoms with Crippen molar-refractivity contribution < 1.29 is 14.5 Å². The molecule has 0 fully saturated rings. The third kappa shape index (κ3) is 6.81. The molecule has 8 heteroatoms. The predicted molar refractivity (Wildman–Crippen MR) is 110 cm³/mol. The molecule has 0 aliphatic carbocycles. The molecular formula is C17H17Cl2IN3O2+. The third-order valence-electron chi connectivity index (χ3n) is 3.24. The van der Waals surface area contributed by atoms with Gasteiger partial charge in [-0.2, -0.15) is 0 Å². The number of carbonyl (C=O) groups is 2. The Labute approximate surface area is 169 Å². The summed E-state index contributed by atoms with van der Waals surface area (Å²) in [6.45, 7) is 0.334. The van der Waals surface area contributed by atoms with Crippen LogP contribution >= 0.6 is 45.8 Å². The molecule has 3 N–H and O–H groups in total. The Morgan fingerprint density at radius 1 is 0.960 bits per heavy atom. The van der Waals surface area contributed by atoms with E-state index in [4.69, 9.17) is 23.2 Å². The van der Waals surface area contributed by atoms with Crippen LogP contribution in [0.25, 0.3) is 0 Å². The van der Waals surface area contributed by atoms with Crippen LogP contribution in [0.3, 0.4) is 0 Å². The van der Waals surface area contributed by atoms with Crippen LogP contribution in [0.1, 0.15) is 0 Å². The molecule has 0 aliphatic rings. The Hall–Kier alpha value is -1.35. The molecule has 5 nitrogen and oxygen atoms in total. The van der Waals surface area contributed by atoms with Crippen molar-refractivity contribution in [1.29, 1.82) is 0 Å². The largest absolute Gasteiger partial charge is 0.322 e. The van der Waals surface area contributed by atoms with E-state index in [1.807, 2.05) is 24.3 Å². The standard InChI is InChI=1S/C17H16Cl2IN3O2/c1-23(9-16(24)21-12-4-2-3-11(20)7-12)10-17(25)22-13-5-6-14(18)15(19)8-13/h2-8H,9-10H2,1H3,(H,21,24)(H,22,25)/p+1. The predicted octanol–water partition coefficient (Wildman–Crippen LogP) is 2.69. The van der Waals surface area contributed by atoms with Gasteiger partial charge in [-0.25, -0.2) is 0 Å². The maximum atomic E-state index is 12.1. The molecule has 0 bridgehead atoms. The molecule has 0 saturated heterocycles. The van der Waals surface area contributed by atoms with E-state index < -0.39 is 0 Å². The number of hydrogen-bond donors (Lipinski definition) is 3. The minimum Gasteiger partial charge on any atom is -0.322 e. The summed E-state index contributed by atoms with van der Waals surface area (Å²) in [7, 11) is 1.78. The van der Waals surface area contributed by atoms with Gasteiger partial charge in [0.05, 0.1) is 17.1 Å². The van der Waals surface area contributed by atoms with Gasteiger partial charge in [0.15, 0.2) is 13.1 Å². The normalized spacial score (nSPS) is 11.7. The van der Waals surface area contributed by atoms with Crippen LogP contribution in [0.4, 0.5) is 11.4 Å². The van der Waals surface area contributed by atoms with Crippen molar-refractivity contribution in [3.8, 4) is 0 Å². The first-order chi connectivity index (χ1) is 11.8. The average molecular weight is 493 g/mol. The minimum absolute atomic E-state index is 0.151. The Balaban J connectivity index is 1.82. The van der Waals surface area contributed by atoms with E-state index in [-0.39, 0.29) is 24.9 Å². The molecule has 25 heavy (non-hydrogen) atoms. The van der Waals surface area contributed by atoms with Crippen molar-refractivity contribution in [3.05, 3.63) is 56.1 Å². The number of halogens is 3. The van der Waals surface area contributed by atoms with Gasteiger partial charge in [0.25, 0.3) is 11.8 Å². The fourth-order valence-electron chi connectivity index (χ4n) is 2.16. The van der Waals surface area contributed by atoms with E-state index in [1.165, 1.54) is 0 Å². The molecule has 1 atom stereocenters. The first-order valence-electron chi connectivity index (χ1n) is 7.45. The third-order valence-corrected chi connectivity index (χ3v) is 4.65. The number of benzene rings is 2. The molecule has 2 amide bonds. The summed E-state index contributed by atoms with van der Waals surface area (Å²) in [4.78, 5) is 24.9. The van der Waals surface area contributed by atoms with Crippen molar-refractivity contribution in [2.45, 2.75) is 0 Å². The lowest BCUT2D eigenvalue weighted by Gasteiger charge is -2.14. The quantitative estimate of drug-likeness (QED) is 0.543. The van der Waals surface area contributed by atoms with Gasteiger partial charge in [-0.1, -0.05) is 29.3 Å². The summed E-state index contributed by atoms with van der Waals surface area (Å²) < 4.78 is 1.04.